The summed E-state index contributed by atoms with van der Waals surface area (Å²) in [6.45, 7) is 2.70. The van der Waals surface area contributed by atoms with Gasteiger partial charge in [0.2, 0.25) is 5.91 Å². The van der Waals surface area contributed by atoms with Gasteiger partial charge in [0.25, 0.3) is 0 Å². The number of fused-ring (bicyclic) bond motifs is 1. The van der Waals surface area contributed by atoms with Gasteiger partial charge in [0.05, 0.1) is 11.0 Å². The van der Waals surface area contributed by atoms with Crippen molar-refractivity contribution >= 4 is 26.8 Å². The number of amides is 1. The molecule has 1 aromatic carbocycles. The van der Waals surface area contributed by atoms with Gasteiger partial charge in [-0.2, -0.15) is 0 Å². The zero-order valence-corrected chi connectivity index (χ0v) is 16.1. The van der Waals surface area contributed by atoms with Crippen LogP contribution in [0.5, 0.6) is 0 Å². The Morgan fingerprint density at radius 2 is 2.08 bits per heavy atom. The normalized spacial score (nSPS) is 19.7. The Kier molecular flexibility index (Phi) is 5.34. The summed E-state index contributed by atoms with van der Waals surface area (Å²) in [6.07, 6.45) is 4.12. The smallest absolute Gasteiger partial charge is 0.242 e. The number of carbonyl (C=O) groups excluding carboxylic acids is 1. The first-order valence-corrected chi connectivity index (χ1v) is 11.0. The Labute approximate surface area is 154 Å². The minimum atomic E-state index is -3.26. The molecule has 1 aliphatic rings. The van der Waals surface area contributed by atoms with Crippen molar-refractivity contribution in [2.75, 3.05) is 12.8 Å². The van der Waals surface area contributed by atoms with Crippen LogP contribution in [0.25, 0.3) is 11.0 Å². The van der Waals surface area contributed by atoms with Crippen molar-refractivity contribution in [2.45, 2.75) is 50.6 Å². The lowest BCUT2D eigenvalue weighted by Crippen LogP contribution is -2.52. The fraction of sp³-hybridized carbons (Fsp3) is 0.556. The standard InChI is InChI=1S/C18H26N4O3S/c1-13(19)15-8-5-6-10-21(15)18(23)11-22-16-9-4-3-7-14(16)20-17(22)12-26(2,24)25/h3-4,7,9,13,15H,5-6,8,10-12,19H2,1-2H3/t13-,15+/m0/s1. The fourth-order valence-corrected chi connectivity index (χ4v) is 4.38. The highest BCUT2D eigenvalue weighted by Gasteiger charge is 2.30. The Hall–Kier alpha value is -1.93. The van der Waals surface area contributed by atoms with Crippen LogP contribution in [-0.4, -0.2) is 53.7 Å². The highest BCUT2D eigenvalue weighted by atomic mass is 32.2. The fourth-order valence-electron chi connectivity index (χ4n) is 3.69. The third kappa shape index (κ3) is 4.07. The summed E-state index contributed by atoms with van der Waals surface area (Å²) in [5, 5.41) is 0. The first-order chi connectivity index (χ1) is 12.3. The van der Waals surface area contributed by atoms with Crippen molar-refractivity contribution in [3.05, 3.63) is 30.1 Å². The highest BCUT2D eigenvalue weighted by molar-refractivity contribution is 7.89. The van der Waals surface area contributed by atoms with Crippen LogP contribution in [0.4, 0.5) is 0 Å². The van der Waals surface area contributed by atoms with Gasteiger partial charge in [0.15, 0.2) is 9.84 Å². The molecule has 3 rings (SSSR count). The van der Waals surface area contributed by atoms with Gasteiger partial charge in [-0.15, -0.1) is 0 Å². The van der Waals surface area contributed by atoms with Gasteiger partial charge in [-0.05, 0) is 38.3 Å². The van der Waals surface area contributed by atoms with Crippen molar-refractivity contribution in [1.29, 1.82) is 0 Å². The van der Waals surface area contributed by atoms with E-state index in [-0.39, 0.29) is 30.3 Å². The van der Waals surface area contributed by atoms with Crippen LogP contribution in [0.15, 0.2) is 24.3 Å². The maximum Gasteiger partial charge on any atom is 0.242 e. The van der Waals surface area contributed by atoms with Gasteiger partial charge in [-0.3, -0.25) is 4.79 Å². The molecule has 142 valence electrons. The van der Waals surface area contributed by atoms with E-state index in [1.54, 1.807) is 4.57 Å². The number of benzene rings is 1. The second-order valence-electron chi connectivity index (χ2n) is 7.18. The highest BCUT2D eigenvalue weighted by Crippen LogP contribution is 2.22. The number of nitrogens with two attached hydrogens (primary N) is 1. The number of imidazole rings is 1. The van der Waals surface area contributed by atoms with E-state index in [1.807, 2.05) is 36.1 Å². The lowest BCUT2D eigenvalue weighted by Gasteiger charge is -2.38. The first-order valence-electron chi connectivity index (χ1n) is 8.93. The molecule has 2 atom stereocenters. The lowest BCUT2D eigenvalue weighted by atomic mass is 9.97. The second kappa shape index (κ2) is 7.36. The number of piperidine rings is 1. The molecule has 2 aromatic rings. The topological polar surface area (TPSA) is 98.3 Å². The molecule has 8 heteroatoms. The molecule has 0 saturated carbocycles. The molecule has 0 unspecified atom stereocenters. The Bertz CT molecular complexity index is 904. The number of hydrogen-bond acceptors (Lipinski definition) is 5. The minimum absolute atomic E-state index is 0.0318. The maximum absolute atomic E-state index is 13.0. The van der Waals surface area contributed by atoms with E-state index >= 15 is 0 Å². The van der Waals surface area contributed by atoms with Crippen LogP contribution in [0.1, 0.15) is 32.0 Å². The molecule has 26 heavy (non-hydrogen) atoms. The molecule has 1 aromatic heterocycles. The average Bonchev–Trinajstić information content (AvgIpc) is 2.90. The summed E-state index contributed by atoms with van der Waals surface area (Å²) in [7, 11) is -3.26. The predicted octanol–water partition coefficient (Wildman–Crippen LogP) is 1.31. The Morgan fingerprint density at radius 3 is 2.77 bits per heavy atom. The second-order valence-corrected chi connectivity index (χ2v) is 9.32. The van der Waals surface area contributed by atoms with Crippen molar-refractivity contribution in [1.82, 2.24) is 14.5 Å². The van der Waals surface area contributed by atoms with Gasteiger partial charge in [0, 0.05) is 24.9 Å². The average molecular weight is 378 g/mol. The SMILES string of the molecule is C[C@H](N)[C@H]1CCCCN1C(=O)Cn1c(CS(C)(=O)=O)nc2ccccc21. The predicted molar refractivity (Wildman–Crippen MR) is 101 cm³/mol. The summed E-state index contributed by atoms with van der Waals surface area (Å²) in [5.74, 6) is 0.174. The van der Waals surface area contributed by atoms with Crippen molar-refractivity contribution in [3.63, 3.8) is 0 Å². The Morgan fingerprint density at radius 1 is 1.35 bits per heavy atom. The number of likely N-dealkylation sites (tertiary alicyclic amines) is 1. The van der Waals surface area contributed by atoms with E-state index in [1.165, 1.54) is 6.26 Å². The van der Waals surface area contributed by atoms with Crippen molar-refractivity contribution < 1.29 is 13.2 Å². The number of hydrogen-bond donors (Lipinski definition) is 1. The molecule has 0 bridgehead atoms. The molecular weight excluding hydrogens is 352 g/mol. The van der Waals surface area contributed by atoms with Gasteiger partial charge in [-0.25, -0.2) is 13.4 Å². The summed E-state index contributed by atoms with van der Waals surface area (Å²) in [4.78, 5) is 19.3. The van der Waals surface area contributed by atoms with Gasteiger partial charge >= 0.3 is 0 Å². The zero-order valence-electron chi connectivity index (χ0n) is 15.3. The Balaban J connectivity index is 1.94. The maximum atomic E-state index is 13.0. The van der Waals surface area contributed by atoms with Crippen LogP contribution in [0, 0.1) is 0 Å². The summed E-state index contributed by atoms with van der Waals surface area (Å²) < 4.78 is 25.3. The lowest BCUT2D eigenvalue weighted by molar-refractivity contribution is -0.135. The molecule has 1 amide bonds. The largest absolute Gasteiger partial charge is 0.337 e. The van der Waals surface area contributed by atoms with Gasteiger partial charge in [0.1, 0.15) is 18.1 Å². The van der Waals surface area contributed by atoms with E-state index in [0.29, 0.717) is 17.9 Å². The summed E-state index contributed by atoms with van der Waals surface area (Å²) >= 11 is 0. The molecule has 7 nitrogen and oxygen atoms in total. The van der Waals surface area contributed by atoms with E-state index in [9.17, 15) is 13.2 Å². The molecule has 1 aliphatic heterocycles. The number of nitrogens with zero attached hydrogens (tertiary/aromatic N) is 3. The first kappa shape index (κ1) is 18.8. The third-order valence-corrected chi connectivity index (χ3v) is 5.68. The summed E-state index contributed by atoms with van der Waals surface area (Å²) in [5.41, 5.74) is 7.55. The molecule has 0 spiro atoms. The van der Waals surface area contributed by atoms with Crippen molar-refractivity contribution in [2.24, 2.45) is 5.73 Å². The van der Waals surface area contributed by atoms with E-state index in [0.717, 1.165) is 24.8 Å². The number of aromatic nitrogens is 2. The van der Waals surface area contributed by atoms with Crippen LogP contribution in [-0.2, 0) is 26.9 Å². The van der Waals surface area contributed by atoms with Gasteiger partial charge in [-0.1, -0.05) is 12.1 Å². The molecule has 2 heterocycles. The minimum Gasteiger partial charge on any atom is -0.337 e. The number of para-hydroxylation sites is 2. The van der Waals surface area contributed by atoms with Crippen LogP contribution in [0.2, 0.25) is 0 Å². The van der Waals surface area contributed by atoms with Crippen LogP contribution in [0.3, 0.4) is 0 Å². The van der Waals surface area contributed by atoms with E-state index in [4.69, 9.17) is 5.73 Å². The quantitative estimate of drug-likeness (QED) is 0.846. The molecule has 2 N–H and O–H groups in total. The van der Waals surface area contributed by atoms with Crippen LogP contribution < -0.4 is 5.73 Å². The third-order valence-electron chi connectivity index (χ3n) is 4.89. The van der Waals surface area contributed by atoms with Crippen molar-refractivity contribution in [3.8, 4) is 0 Å². The number of sulfone groups is 1. The van der Waals surface area contributed by atoms with E-state index in [2.05, 4.69) is 4.98 Å². The van der Waals surface area contributed by atoms with Crippen LogP contribution >= 0.6 is 0 Å². The number of rotatable bonds is 5. The monoisotopic (exact) mass is 378 g/mol. The molecular formula is C18H26N4O3S. The number of carbonyl (C=O) groups is 1. The molecule has 0 aliphatic carbocycles. The van der Waals surface area contributed by atoms with Gasteiger partial charge < -0.3 is 15.2 Å². The summed E-state index contributed by atoms with van der Waals surface area (Å²) in [6, 6.07) is 7.34. The zero-order chi connectivity index (χ0) is 18.9. The molecule has 1 saturated heterocycles. The molecule has 0 radical (unpaired) electrons. The molecule has 1 fully saturated rings. The van der Waals surface area contributed by atoms with E-state index < -0.39 is 9.84 Å².